The van der Waals surface area contributed by atoms with Crippen LogP contribution < -0.4 is 10.6 Å². The average molecular weight is 386 g/mol. The molecule has 0 aliphatic carbocycles. The molecule has 0 saturated carbocycles. The highest BCUT2D eigenvalue weighted by Crippen LogP contribution is 2.31. The number of alkyl halides is 3. The molecule has 5 nitrogen and oxygen atoms in total. The number of anilines is 2. The van der Waals surface area contributed by atoms with Crippen molar-refractivity contribution < 1.29 is 18.0 Å². The first-order valence-corrected chi connectivity index (χ1v) is 8.47. The van der Waals surface area contributed by atoms with Crippen molar-refractivity contribution in [2.75, 3.05) is 5.32 Å². The third kappa shape index (κ3) is 4.85. The van der Waals surface area contributed by atoms with Crippen molar-refractivity contribution in [1.29, 1.82) is 0 Å². The second-order valence-electron chi connectivity index (χ2n) is 6.11. The van der Waals surface area contributed by atoms with Gasteiger partial charge in [-0.15, -0.1) is 10.2 Å². The van der Waals surface area contributed by atoms with Gasteiger partial charge in [-0.05, 0) is 42.8 Å². The van der Waals surface area contributed by atoms with E-state index in [-0.39, 0.29) is 23.2 Å². The van der Waals surface area contributed by atoms with Crippen LogP contribution >= 0.6 is 0 Å². The van der Waals surface area contributed by atoms with E-state index in [1.165, 1.54) is 24.3 Å². The fourth-order valence-electron chi connectivity index (χ4n) is 2.54. The zero-order valence-corrected chi connectivity index (χ0v) is 14.9. The number of benzene rings is 2. The van der Waals surface area contributed by atoms with E-state index in [2.05, 4.69) is 20.8 Å². The molecule has 144 valence electrons. The fourth-order valence-corrected chi connectivity index (χ4v) is 2.54. The third-order valence-corrected chi connectivity index (χ3v) is 4.01. The Morgan fingerprint density at radius 3 is 2.36 bits per heavy atom. The zero-order valence-electron chi connectivity index (χ0n) is 14.9. The number of nitrogens with one attached hydrogen (secondary N) is 2. The van der Waals surface area contributed by atoms with Crippen LogP contribution in [0.25, 0.3) is 0 Å². The van der Waals surface area contributed by atoms with E-state index in [1.807, 2.05) is 37.3 Å². The summed E-state index contributed by atoms with van der Waals surface area (Å²) in [6.07, 6.45) is -4.43. The summed E-state index contributed by atoms with van der Waals surface area (Å²) >= 11 is 0. The van der Waals surface area contributed by atoms with Crippen molar-refractivity contribution in [3.8, 4) is 0 Å². The van der Waals surface area contributed by atoms with Crippen LogP contribution in [0, 0.1) is 0 Å². The Morgan fingerprint density at radius 2 is 1.71 bits per heavy atom. The number of hydrogen-bond acceptors (Lipinski definition) is 4. The first kappa shape index (κ1) is 19.3. The van der Waals surface area contributed by atoms with Crippen LogP contribution in [0.3, 0.4) is 0 Å². The summed E-state index contributed by atoms with van der Waals surface area (Å²) in [6.45, 7) is 1.85. The molecule has 3 rings (SSSR count). The molecular formula is C20H17F3N4O. The van der Waals surface area contributed by atoms with E-state index < -0.39 is 17.6 Å². The molecule has 2 N–H and O–H groups in total. The van der Waals surface area contributed by atoms with Gasteiger partial charge in [0.05, 0.1) is 11.6 Å². The molecule has 1 atom stereocenters. The summed E-state index contributed by atoms with van der Waals surface area (Å²) in [5, 5.41) is 13.3. The minimum absolute atomic E-state index is 0.109. The number of nitrogens with zero attached hydrogens (tertiary/aromatic N) is 2. The lowest BCUT2D eigenvalue weighted by Gasteiger charge is -2.14. The van der Waals surface area contributed by atoms with Gasteiger partial charge in [-0.1, -0.05) is 36.4 Å². The smallest absolute Gasteiger partial charge is 0.344 e. The average Bonchev–Trinajstić information content (AvgIpc) is 2.69. The Morgan fingerprint density at radius 1 is 0.964 bits per heavy atom. The molecule has 1 heterocycles. The van der Waals surface area contributed by atoms with Crippen molar-refractivity contribution >= 4 is 17.4 Å². The van der Waals surface area contributed by atoms with Gasteiger partial charge in [-0.25, -0.2) is 0 Å². The van der Waals surface area contributed by atoms with Gasteiger partial charge in [0.25, 0.3) is 5.91 Å². The van der Waals surface area contributed by atoms with Crippen LogP contribution in [0.4, 0.5) is 24.7 Å². The summed E-state index contributed by atoms with van der Waals surface area (Å²) in [5.41, 5.74) is 0.513. The second-order valence-corrected chi connectivity index (χ2v) is 6.11. The predicted octanol–water partition coefficient (Wildman–Crippen LogP) is 4.73. The van der Waals surface area contributed by atoms with E-state index in [1.54, 1.807) is 0 Å². The highest BCUT2D eigenvalue weighted by atomic mass is 19.4. The van der Waals surface area contributed by atoms with E-state index in [0.29, 0.717) is 0 Å². The Hall–Kier alpha value is -3.42. The molecule has 1 amide bonds. The first-order valence-electron chi connectivity index (χ1n) is 8.47. The van der Waals surface area contributed by atoms with Crippen molar-refractivity contribution in [1.82, 2.24) is 15.5 Å². The number of carbonyl (C=O) groups is 1. The number of amides is 1. The van der Waals surface area contributed by atoms with Crippen LogP contribution in [0.1, 0.15) is 34.6 Å². The molecule has 3 aromatic rings. The van der Waals surface area contributed by atoms with Crippen LogP contribution in [-0.4, -0.2) is 16.1 Å². The van der Waals surface area contributed by atoms with E-state index >= 15 is 0 Å². The topological polar surface area (TPSA) is 66.9 Å². The van der Waals surface area contributed by atoms with Crippen LogP contribution in [-0.2, 0) is 6.18 Å². The summed E-state index contributed by atoms with van der Waals surface area (Å²) in [4.78, 5) is 12.3. The minimum atomic E-state index is -4.43. The van der Waals surface area contributed by atoms with Gasteiger partial charge < -0.3 is 10.6 Å². The van der Waals surface area contributed by atoms with Gasteiger partial charge in [0, 0.05) is 5.69 Å². The zero-order chi connectivity index (χ0) is 20.1. The van der Waals surface area contributed by atoms with Gasteiger partial charge in [-0.2, -0.15) is 13.2 Å². The lowest BCUT2D eigenvalue weighted by molar-refractivity contribution is -0.137. The summed E-state index contributed by atoms with van der Waals surface area (Å²) in [6, 6.07) is 16.9. The summed E-state index contributed by atoms with van der Waals surface area (Å²) in [5.74, 6) is -0.165. The van der Waals surface area contributed by atoms with E-state index in [9.17, 15) is 18.0 Å². The molecule has 2 aromatic carbocycles. The molecule has 0 saturated heterocycles. The SMILES string of the molecule is CC(NC(=O)c1ccc(Nc2cccc(C(F)(F)F)c2)nn1)c1ccccc1. The van der Waals surface area contributed by atoms with Crippen molar-refractivity contribution in [2.24, 2.45) is 0 Å². The number of hydrogen-bond donors (Lipinski definition) is 2. The molecule has 0 aliphatic rings. The number of carbonyl (C=O) groups excluding carboxylic acids is 1. The Labute approximate surface area is 159 Å². The van der Waals surface area contributed by atoms with Crippen molar-refractivity contribution in [2.45, 2.75) is 19.1 Å². The summed E-state index contributed by atoms with van der Waals surface area (Å²) in [7, 11) is 0. The third-order valence-electron chi connectivity index (χ3n) is 4.01. The number of halogens is 3. The van der Waals surface area contributed by atoms with Crippen molar-refractivity contribution in [3.63, 3.8) is 0 Å². The largest absolute Gasteiger partial charge is 0.416 e. The highest BCUT2D eigenvalue weighted by molar-refractivity contribution is 5.92. The molecule has 0 aliphatic heterocycles. The standard InChI is InChI=1S/C20H17F3N4O/c1-13(14-6-3-2-4-7-14)24-19(28)17-10-11-18(27-26-17)25-16-9-5-8-15(12-16)20(21,22)23/h2-13H,1H3,(H,24,28)(H,25,27). The molecule has 0 bridgehead atoms. The van der Waals surface area contributed by atoms with E-state index in [4.69, 9.17) is 0 Å². The van der Waals surface area contributed by atoms with Gasteiger partial charge in [0.1, 0.15) is 0 Å². The predicted molar refractivity (Wildman–Crippen MR) is 99.1 cm³/mol. The molecule has 0 fully saturated rings. The quantitative estimate of drug-likeness (QED) is 0.665. The lowest BCUT2D eigenvalue weighted by Crippen LogP contribution is -2.27. The van der Waals surface area contributed by atoms with E-state index in [0.717, 1.165) is 17.7 Å². The number of rotatable bonds is 5. The monoisotopic (exact) mass is 386 g/mol. The molecule has 1 unspecified atom stereocenters. The molecule has 8 heteroatoms. The van der Waals surface area contributed by atoms with Gasteiger partial charge in [0.15, 0.2) is 11.5 Å². The molecule has 1 aromatic heterocycles. The fraction of sp³-hybridized carbons (Fsp3) is 0.150. The number of aromatic nitrogens is 2. The molecule has 0 spiro atoms. The Kier molecular flexibility index (Phi) is 5.58. The summed E-state index contributed by atoms with van der Waals surface area (Å²) < 4.78 is 38.3. The normalized spacial score (nSPS) is 12.3. The van der Waals surface area contributed by atoms with Gasteiger partial charge >= 0.3 is 6.18 Å². The second kappa shape index (κ2) is 8.08. The van der Waals surface area contributed by atoms with Crippen LogP contribution in [0.2, 0.25) is 0 Å². The van der Waals surface area contributed by atoms with Crippen LogP contribution in [0.15, 0.2) is 66.7 Å². The molecule has 0 radical (unpaired) electrons. The maximum atomic E-state index is 12.8. The first-order chi connectivity index (χ1) is 13.3. The molecular weight excluding hydrogens is 369 g/mol. The maximum absolute atomic E-state index is 12.8. The van der Waals surface area contributed by atoms with Crippen molar-refractivity contribution in [3.05, 3.63) is 83.6 Å². The highest BCUT2D eigenvalue weighted by Gasteiger charge is 2.30. The van der Waals surface area contributed by atoms with Gasteiger partial charge in [-0.3, -0.25) is 4.79 Å². The van der Waals surface area contributed by atoms with Crippen LogP contribution in [0.5, 0.6) is 0 Å². The van der Waals surface area contributed by atoms with Gasteiger partial charge in [0.2, 0.25) is 0 Å². The molecule has 28 heavy (non-hydrogen) atoms. The maximum Gasteiger partial charge on any atom is 0.416 e. The lowest BCUT2D eigenvalue weighted by atomic mass is 10.1. The Balaban J connectivity index is 1.66. The Bertz CT molecular complexity index is 944. The minimum Gasteiger partial charge on any atom is -0.344 e.